The Bertz CT molecular complexity index is 667. The highest BCUT2D eigenvalue weighted by Gasteiger charge is 2.13. The number of sulfonamides is 1. The maximum Gasteiger partial charge on any atom is 0.261 e. The number of halogens is 1. The smallest absolute Gasteiger partial charge is 0.261 e. The van der Waals surface area contributed by atoms with E-state index in [0.29, 0.717) is 18.0 Å². The van der Waals surface area contributed by atoms with E-state index in [1.807, 2.05) is 0 Å². The second-order valence-electron chi connectivity index (χ2n) is 4.24. The lowest BCUT2D eigenvalue weighted by molar-refractivity contribution is 0.475. The molecule has 0 saturated heterocycles. The van der Waals surface area contributed by atoms with Crippen LogP contribution in [-0.2, 0) is 16.4 Å². The number of phenolic OH excluding ortho intramolecular Hbond substituents is 1. The van der Waals surface area contributed by atoms with Gasteiger partial charge in [0.15, 0.2) is 0 Å². The molecule has 0 fully saturated rings. The largest absolute Gasteiger partial charge is 0.508 e. The average Bonchev–Trinajstić information content (AvgIpc) is 2.42. The van der Waals surface area contributed by atoms with Crippen LogP contribution < -0.4 is 4.72 Å². The third kappa shape index (κ3) is 3.65. The van der Waals surface area contributed by atoms with Gasteiger partial charge in [-0.2, -0.15) is 0 Å². The van der Waals surface area contributed by atoms with Gasteiger partial charge in [0.05, 0.1) is 4.90 Å². The number of anilines is 1. The summed E-state index contributed by atoms with van der Waals surface area (Å²) >= 11 is 5.63. The number of aryl methyl sites for hydroxylation is 1. The molecule has 0 unspecified atom stereocenters. The molecule has 6 heteroatoms. The van der Waals surface area contributed by atoms with Crippen LogP contribution in [0.1, 0.15) is 5.56 Å². The fourth-order valence-corrected chi connectivity index (χ4v) is 2.96. The van der Waals surface area contributed by atoms with Crippen molar-refractivity contribution >= 4 is 27.3 Å². The zero-order chi connectivity index (χ0) is 14.6. The molecule has 0 bridgehead atoms. The van der Waals surface area contributed by atoms with E-state index in [2.05, 4.69) is 4.72 Å². The van der Waals surface area contributed by atoms with E-state index in [-0.39, 0.29) is 10.6 Å². The molecule has 0 atom stereocenters. The van der Waals surface area contributed by atoms with Crippen LogP contribution in [0.5, 0.6) is 5.75 Å². The summed E-state index contributed by atoms with van der Waals surface area (Å²) < 4.78 is 26.8. The third-order valence-electron chi connectivity index (χ3n) is 2.74. The molecule has 20 heavy (non-hydrogen) atoms. The fraction of sp³-hybridized carbons (Fsp3) is 0.143. The van der Waals surface area contributed by atoms with Crippen LogP contribution in [0, 0.1) is 0 Å². The van der Waals surface area contributed by atoms with Crippen LogP contribution in [0.15, 0.2) is 53.4 Å². The van der Waals surface area contributed by atoms with Gasteiger partial charge >= 0.3 is 0 Å². The van der Waals surface area contributed by atoms with E-state index < -0.39 is 10.0 Å². The molecule has 2 aromatic carbocycles. The minimum atomic E-state index is -3.62. The monoisotopic (exact) mass is 311 g/mol. The molecule has 0 aliphatic carbocycles. The zero-order valence-corrected chi connectivity index (χ0v) is 12.2. The van der Waals surface area contributed by atoms with E-state index in [1.165, 1.54) is 24.3 Å². The first kappa shape index (κ1) is 14.7. The van der Waals surface area contributed by atoms with Gasteiger partial charge in [0.25, 0.3) is 10.0 Å². The summed E-state index contributed by atoms with van der Waals surface area (Å²) in [6.45, 7) is 0. The Morgan fingerprint density at radius 3 is 2.15 bits per heavy atom. The van der Waals surface area contributed by atoms with E-state index in [4.69, 9.17) is 16.7 Å². The minimum absolute atomic E-state index is 0.0818. The number of aromatic hydroxyl groups is 1. The summed E-state index contributed by atoms with van der Waals surface area (Å²) in [6, 6.07) is 12.4. The van der Waals surface area contributed by atoms with Gasteiger partial charge in [-0.25, -0.2) is 8.42 Å². The Labute approximate surface area is 123 Å². The third-order valence-corrected chi connectivity index (χ3v) is 4.32. The first-order chi connectivity index (χ1) is 9.51. The number of hydrogen-bond acceptors (Lipinski definition) is 3. The van der Waals surface area contributed by atoms with E-state index in [1.54, 1.807) is 24.3 Å². The quantitative estimate of drug-likeness (QED) is 0.659. The maximum atomic E-state index is 12.2. The summed E-state index contributed by atoms with van der Waals surface area (Å²) in [5, 5.41) is 9.17. The van der Waals surface area contributed by atoms with Crippen molar-refractivity contribution in [3.63, 3.8) is 0 Å². The van der Waals surface area contributed by atoms with Gasteiger partial charge in [0, 0.05) is 11.6 Å². The summed E-state index contributed by atoms with van der Waals surface area (Å²) in [6.07, 6.45) is 0.702. The molecule has 2 rings (SSSR count). The van der Waals surface area contributed by atoms with Gasteiger partial charge < -0.3 is 5.11 Å². The predicted octanol–water partition coefficient (Wildman–Crippen LogP) is 2.97. The molecule has 0 amide bonds. The molecular formula is C14H14ClNO3S. The molecule has 4 nitrogen and oxygen atoms in total. The van der Waals surface area contributed by atoms with Crippen LogP contribution in [0.25, 0.3) is 0 Å². The van der Waals surface area contributed by atoms with Gasteiger partial charge in [-0.1, -0.05) is 12.1 Å². The van der Waals surface area contributed by atoms with Crippen LogP contribution in [0.3, 0.4) is 0 Å². The number of nitrogens with one attached hydrogen (secondary N) is 1. The second kappa shape index (κ2) is 6.15. The van der Waals surface area contributed by atoms with Crippen molar-refractivity contribution < 1.29 is 13.5 Å². The first-order valence-corrected chi connectivity index (χ1v) is 8.00. The number of phenols is 1. The Kier molecular flexibility index (Phi) is 4.52. The highest BCUT2D eigenvalue weighted by atomic mass is 35.5. The molecule has 0 aromatic heterocycles. The number of alkyl halides is 1. The molecule has 0 heterocycles. The summed E-state index contributed by atoms with van der Waals surface area (Å²) in [4.78, 5) is 0.184. The summed E-state index contributed by atoms with van der Waals surface area (Å²) in [7, 11) is -3.62. The van der Waals surface area contributed by atoms with E-state index >= 15 is 0 Å². The molecular weight excluding hydrogens is 298 g/mol. The normalized spacial score (nSPS) is 11.2. The van der Waals surface area contributed by atoms with E-state index in [0.717, 1.165) is 5.56 Å². The Balaban J connectivity index is 2.19. The molecule has 2 N–H and O–H groups in total. The summed E-state index contributed by atoms with van der Waals surface area (Å²) in [5.41, 5.74) is 1.39. The van der Waals surface area contributed by atoms with Gasteiger partial charge in [0.1, 0.15) is 5.75 Å². The predicted molar refractivity (Wildman–Crippen MR) is 79.8 cm³/mol. The topological polar surface area (TPSA) is 66.4 Å². The Hall–Kier alpha value is -1.72. The van der Waals surface area contributed by atoms with Crippen LogP contribution in [0.4, 0.5) is 5.69 Å². The molecule has 0 aliphatic rings. The van der Waals surface area contributed by atoms with Gasteiger partial charge in [0.2, 0.25) is 0 Å². The fourth-order valence-electron chi connectivity index (χ4n) is 1.69. The molecule has 2 aromatic rings. The van der Waals surface area contributed by atoms with Gasteiger partial charge in [-0.05, 0) is 48.4 Å². The molecule has 0 radical (unpaired) electrons. The molecule has 0 saturated carbocycles. The van der Waals surface area contributed by atoms with Crippen molar-refractivity contribution in [2.45, 2.75) is 11.3 Å². The van der Waals surface area contributed by atoms with Crippen molar-refractivity contribution in [3.8, 4) is 5.75 Å². The zero-order valence-electron chi connectivity index (χ0n) is 10.6. The van der Waals surface area contributed by atoms with Crippen molar-refractivity contribution in [2.75, 3.05) is 10.6 Å². The highest BCUT2D eigenvalue weighted by molar-refractivity contribution is 7.92. The second-order valence-corrected chi connectivity index (χ2v) is 6.30. The molecule has 0 aliphatic heterocycles. The van der Waals surface area contributed by atoms with Crippen LogP contribution in [-0.4, -0.2) is 19.4 Å². The Morgan fingerprint density at radius 1 is 1.00 bits per heavy atom. The first-order valence-electron chi connectivity index (χ1n) is 5.98. The lowest BCUT2D eigenvalue weighted by Crippen LogP contribution is -2.12. The standard InChI is InChI=1S/C14H14ClNO3S/c15-10-9-11-1-7-14(8-2-11)20(18,19)16-12-3-5-13(17)6-4-12/h1-8,16-17H,9-10H2. The van der Waals surface area contributed by atoms with Crippen LogP contribution >= 0.6 is 11.6 Å². The molecule has 106 valence electrons. The van der Waals surface area contributed by atoms with E-state index in [9.17, 15) is 8.42 Å². The molecule has 0 spiro atoms. The van der Waals surface area contributed by atoms with Crippen molar-refractivity contribution in [3.05, 3.63) is 54.1 Å². The summed E-state index contributed by atoms with van der Waals surface area (Å²) in [5.74, 6) is 0.580. The Morgan fingerprint density at radius 2 is 1.60 bits per heavy atom. The van der Waals surface area contributed by atoms with Crippen molar-refractivity contribution in [1.82, 2.24) is 0 Å². The average molecular weight is 312 g/mol. The number of rotatable bonds is 5. The van der Waals surface area contributed by atoms with Crippen molar-refractivity contribution in [1.29, 1.82) is 0 Å². The number of hydrogen-bond donors (Lipinski definition) is 2. The maximum absolute atomic E-state index is 12.2. The lowest BCUT2D eigenvalue weighted by atomic mass is 10.2. The van der Waals surface area contributed by atoms with Gasteiger partial charge in [-0.3, -0.25) is 4.72 Å². The SMILES string of the molecule is O=S(=O)(Nc1ccc(O)cc1)c1ccc(CCCl)cc1. The van der Waals surface area contributed by atoms with Crippen LogP contribution in [0.2, 0.25) is 0 Å². The number of benzene rings is 2. The van der Waals surface area contributed by atoms with Crippen molar-refractivity contribution in [2.24, 2.45) is 0 Å². The van der Waals surface area contributed by atoms with Gasteiger partial charge in [-0.15, -0.1) is 11.6 Å². The lowest BCUT2D eigenvalue weighted by Gasteiger charge is -2.08. The minimum Gasteiger partial charge on any atom is -0.508 e. The highest BCUT2D eigenvalue weighted by Crippen LogP contribution is 2.19.